The summed E-state index contributed by atoms with van der Waals surface area (Å²) in [4.78, 5) is 39.2. The summed E-state index contributed by atoms with van der Waals surface area (Å²) >= 11 is 5.98. The minimum atomic E-state index is -0.358. The molecular formula is C20H11ClN2O3. The van der Waals surface area contributed by atoms with E-state index in [0.29, 0.717) is 38.3 Å². The molecular weight excluding hydrogens is 352 g/mol. The fourth-order valence-corrected chi connectivity index (χ4v) is 3.85. The van der Waals surface area contributed by atoms with Gasteiger partial charge in [0.2, 0.25) is 5.43 Å². The predicted octanol–water partition coefficient (Wildman–Crippen LogP) is 3.44. The lowest BCUT2D eigenvalue weighted by molar-refractivity contribution is 0.0693. The first kappa shape index (κ1) is 15.1. The fraction of sp³-hybridized carbons (Fsp3) is 0.0500. The average Bonchev–Trinajstić information content (AvgIpc) is 3.09. The lowest BCUT2D eigenvalue weighted by Crippen LogP contribution is -2.25. The number of hydrogen-bond donors (Lipinski definition) is 0. The molecule has 1 aliphatic rings. The van der Waals surface area contributed by atoms with Crippen LogP contribution in [0.1, 0.15) is 20.7 Å². The maximum atomic E-state index is 12.8. The van der Waals surface area contributed by atoms with Gasteiger partial charge in [-0.1, -0.05) is 29.8 Å². The van der Waals surface area contributed by atoms with Gasteiger partial charge < -0.3 is 4.40 Å². The Morgan fingerprint density at radius 3 is 2.23 bits per heavy atom. The third-order valence-electron chi connectivity index (χ3n) is 4.93. The third kappa shape index (κ3) is 1.73. The normalized spacial score (nSPS) is 14.0. The quantitative estimate of drug-likeness (QED) is 0.487. The summed E-state index contributed by atoms with van der Waals surface area (Å²) in [6.45, 7) is 0. The van der Waals surface area contributed by atoms with Crippen LogP contribution in [-0.4, -0.2) is 28.2 Å². The highest BCUT2D eigenvalue weighted by atomic mass is 35.5. The topological polar surface area (TPSA) is 58.9 Å². The second-order valence-electron chi connectivity index (χ2n) is 6.33. The highest BCUT2D eigenvalue weighted by Gasteiger charge is 2.39. The SMILES string of the molecule is CN1C(=O)c2c(c3c(-c4ccc(Cl)cc4)cc(=O)c4cccc2n34)C1=O. The van der Waals surface area contributed by atoms with E-state index < -0.39 is 0 Å². The lowest BCUT2D eigenvalue weighted by atomic mass is 10.0. The number of hydrogen-bond acceptors (Lipinski definition) is 3. The Morgan fingerprint density at radius 2 is 1.50 bits per heavy atom. The summed E-state index contributed by atoms with van der Waals surface area (Å²) in [5, 5.41) is 0.577. The van der Waals surface area contributed by atoms with Crippen molar-refractivity contribution in [2.45, 2.75) is 0 Å². The summed E-state index contributed by atoms with van der Waals surface area (Å²) in [6, 6.07) is 13.8. The minimum absolute atomic E-state index is 0.171. The highest BCUT2D eigenvalue weighted by Crippen LogP contribution is 2.38. The molecule has 126 valence electrons. The molecule has 2 amide bonds. The maximum Gasteiger partial charge on any atom is 0.263 e. The van der Waals surface area contributed by atoms with Gasteiger partial charge in [-0.15, -0.1) is 0 Å². The van der Waals surface area contributed by atoms with E-state index >= 15 is 0 Å². The Hall–Kier alpha value is -3.18. The predicted molar refractivity (Wildman–Crippen MR) is 99.2 cm³/mol. The van der Waals surface area contributed by atoms with Gasteiger partial charge in [-0.3, -0.25) is 19.3 Å². The van der Waals surface area contributed by atoms with Gasteiger partial charge in [0.25, 0.3) is 11.8 Å². The molecule has 26 heavy (non-hydrogen) atoms. The van der Waals surface area contributed by atoms with Crippen molar-refractivity contribution in [2.75, 3.05) is 7.05 Å². The summed E-state index contributed by atoms with van der Waals surface area (Å²) in [7, 11) is 1.47. The summed E-state index contributed by atoms with van der Waals surface area (Å²) in [5.41, 5.74) is 3.48. The zero-order valence-corrected chi connectivity index (χ0v) is 14.4. The molecule has 4 heterocycles. The van der Waals surface area contributed by atoms with E-state index in [4.69, 9.17) is 11.6 Å². The molecule has 0 unspecified atom stereocenters. The van der Waals surface area contributed by atoms with Gasteiger partial charge in [0.1, 0.15) is 0 Å². The van der Waals surface area contributed by atoms with Crippen molar-refractivity contribution in [1.82, 2.24) is 9.30 Å². The Labute approximate surface area is 152 Å². The molecule has 0 radical (unpaired) electrons. The lowest BCUT2D eigenvalue weighted by Gasteiger charge is -2.12. The first-order chi connectivity index (χ1) is 12.5. The van der Waals surface area contributed by atoms with Crippen LogP contribution in [0, 0.1) is 0 Å². The van der Waals surface area contributed by atoms with E-state index in [9.17, 15) is 14.4 Å². The van der Waals surface area contributed by atoms with Gasteiger partial charge in [0, 0.05) is 17.6 Å². The summed E-state index contributed by atoms with van der Waals surface area (Å²) < 4.78 is 1.72. The molecule has 3 aromatic heterocycles. The Kier molecular flexibility index (Phi) is 2.86. The number of carbonyl (C=O) groups excluding carboxylic acids is 2. The minimum Gasteiger partial charge on any atom is -0.305 e. The van der Waals surface area contributed by atoms with E-state index in [0.717, 1.165) is 10.5 Å². The van der Waals surface area contributed by atoms with Crippen molar-refractivity contribution in [3.05, 3.63) is 74.9 Å². The first-order valence-corrected chi connectivity index (χ1v) is 8.39. The molecule has 0 saturated heterocycles. The van der Waals surface area contributed by atoms with Crippen molar-refractivity contribution in [2.24, 2.45) is 0 Å². The molecule has 0 N–H and O–H groups in total. The maximum absolute atomic E-state index is 12.8. The van der Waals surface area contributed by atoms with Crippen LogP contribution in [0.3, 0.4) is 0 Å². The number of rotatable bonds is 1. The number of carbonyl (C=O) groups is 2. The van der Waals surface area contributed by atoms with Crippen LogP contribution < -0.4 is 5.43 Å². The van der Waals surface area contributed by atoms with Crippen LogP contribution in [0.25, 0.3) is 27.7 Å². The molecule has 6 heteroatoms. The number of nitrogens with zero attached hydrogens (tertiary/aromatic N) is 2. The number of pyridine rings is 2. The molecule has 5 nitrogen and oxygen atoms in total. The van der Waals surface area contributed by atoms with Gasteiger partial charge in [-0.25, -0.2) is 0 Å². The standard InChI is InChI=1S/C20H11ClN2O3/c1-22-19(25)16-14-4-2-3-13-15(24)9-12(10-5-7-11(21)8-6-10)18(23(13)14)17(16)20(22)26/h2-9H,1H3. The summed E-state index contributed by atoms with van der Waals surface area (Å²) in [6.07, 6.45) is 0. The summed E-state index contributed by atoms with van der Waals surface area (Å²) in [5.74, 6) is -0.709. The number of fused-ring (bicyclic) bond motifs is 3. The van der Waals surface area contributed by atoms with Crippen molar-refractivity contribution < 1.29 is 9.59 Å². The molecule has 0 aliphatic carbocycles. The Bertz CT molecular complexity index is 1310. The smallest absolute Gasteiger partial charge is 0.263 e. The van der Waals surface area contributed by atoms with Gasteiger partial charge in [-0.2, -0.15) is 0 Å². The van der Waals surface area contributed by atoms with Gasteiger partial charge in [0.05, 0.1) is 27.7 Å². The first-order valence-electron chi connectivity index (χ1n) is 8.01. The molecule has 0 spiro atoms. The Morgan fingerprint density at radius 1 is 0.846 bits per heavy atom. The molecule has 1 aromatic carbocycles. The van der Waals surface area contributed by atoms with Crippen LogP contribution >= 0.6 is 11.6 Å². The van der Waals surface area contributed by atoms with Crippen LogP contribution in [0.5, 0.6) is 0 Å². The fourth-order valence-electron chi connectivity index (χ4n) is 3.73. The molecule has 0 bridgehead atoms. The van der Waals surface area contributed by atoms with E-state index in [2.05, 4.69) is 0 Å². The highest BCUT2D eigenvalue weighted by molar-refractivity contribution is 6.31. The van der Waals surface area contributed by atoms with Crippen LogP contribution in [0.4, 0.5) is 0 Å². The number of imide groups is 1. The average molecular weight is 363 g/mol. The zero-order valence-electron chi connectivity index (χ0n) is 13.6. The van der Waals surface area contributed by atoms with Crippen LogP contribution in [0.2, 0.25) is 5.02 Å². The largest absolute Gasteiger partial charge is 0.305 e. The molecule has 0 fully saturated rings. The zero-order chi connectivity index (χ0) is 18.2. The number of benzene rings is 1. The van der Waals surface area contributed by atoms with Crippen molar-refractivity contribution in [3.8, 4) is 11.1 Å². The van der Waals surface area contributed by atoms with Crippen LogP contribution in [-0.2, 0) is 0 Å². The second kappa shape index (κ2) is 4.93. The molecule has 1 aliphatic heterocycles. The number of aromatic nitrogens is 1. The van der Waals surface area contributed by atoms with Crippen molar-refractivity contribution in [1.29, 1.82) is 0 Å². The molecule has 0 saturated carbocycles. The third-order valence-corrected chi connectivity index (χ3v) is 5.18. The second-order valence-corrected chi connectivity index (χ2v) is 6.77. The molecule has 4 aromatic rings. The van der Waals surface area contributed by atoms with Gasteiger partial charge >= 0.3 is 0 Å². The number of halogens is 1. The van der Waals surface area contributed by atoms with Gasteiger partial charge in [0.15, 0.2) is 0 Å². The monoisotopic (exact) mass is 362 g/mol. The Balaban J connectivity index is 2.04. The van der Waals surface area contributed by atoms with E-state index in [1.54, 1.807) is 46.9 Å². The van der Waals surface area contributed by atoms with Crippen molar-refractivity contribution in [3.63, 3.8) is 0 Å². The number of amides is 2. The van der Waals surface area contributed by atoms with E-state index in [1.807, 2.05) is 0 Å². The van der Waals surface area contributed by atoms with E-state index in [-0.39, 0.29) is 17.2 Å². The van der Waals surface area contributed by atoms with Crippen molar-refractivity contribution >= 4 is 40.0 Å². The van der Waals surface area contributed by atoms with Crippen LogP contribution in [0.15, 0.2) is 53.3 Å². The molecule has 0 atom stereocenters. The van der Waals surface area contributed by atoms with E-state index in [1.165, 1.54) is 13.1 Å². The van der Waals surface area contributed by atoms with Gasteiger partial charge in [-0.05, 0) is 35.9 Å². The molecule has 5 rings (SSSR count).